The van der Waals surface area contributed by atoms with E-state index < -0.39 is 65.7 Å². The summed E-state index contributed by atoms with van der Waals surface area (Å²) in [6, 6.07) is -1.55. The van der Waals surface area contributed by atoms with Crippen molar-refractivity contribution in [2.45, 2.75) is 49.1 Å². The molecule has 1 aromatic rings. The molecule has 12 heteroatoms. The number of rotatable bonds is 2. The van der Waals surface area contributed by atoms with Gasteiger partial charge in [0.25, 0.3) is 0 Å². The van der Waals surface area contributed by atoms with Gasteiger partial charge < -0.3 is 5.11 Å². The lowest BCUT2D eigenvalue weighted by Gasteiger charge is -2.24. The van der Waals surface area contributed by atoms with Gasteiger partial charge in [0.2, 0.25) is 0 Å². The summed E-state index contributed by atoms with van der Waals surface area (Å²) in [5.74, 6) is -1.80. The molecule has 0 radical (unpaired) electrons. The summed E-state index contributed by atoms with van der Waals surface area (Å²) < 4.78 is 117. The van der Waals surface area contributed by atoms with Gasteiger partial charge in [-0.1, -0.05) is 6.07 Å². The number of aliphatic hydroxyl groups excluding tert-OH is 1. The van der Waals surface area contributed by atoms with E-state index in [2.05, 4.69) is 0 Å². The molecule has 1 unspecified atom stereocenters. The molecule has 1 aliphatic heterocycles. The van der Waals surface area contributed by atoms with E-state index in [-0.39, 0.29) is 0 Å². The largest absolute Gasteiger partial charge is 0.417 e. The molecule has 1 aromatic carbocycles. The van der Waals surface area contributed by atoms with E-state index >= 15 is 0 Å². The summed E-state index contributed by atoms with van der Waals surface area (Å²) in [5.41, 5.74) is -2.84. The van der Waals surface area contributed by atoms with Crippen LogP contribution in [0, 0.1) is 11.3 Å². The van der Waals surface area contributed by atoms with Gasteiger partial charge in [0.15, 0.2) is 6.10 Å². The fourth-order valence-corrected chi connectivity index (χ4v) is 3.05. The maximum atomic E-state index is 13.2. The van der Waals surface area contributed by atoms with Gasteiger partial charge in [0, 0.05) is 12.0 Å². The summed E-state index contributed by atoms with van der Waals surface area (Å²) >= 11 is 0. The first-order chi connectivity index (χ1) is 12.2. The molecule has 0 saturated carbocycles. The topological polar surface area (TPSA) is 56.0 Å². The van der Waals surface area contributed by atoms with Crippen molar-refractivity contribution in [2.24, 2.45) is 0 Å². The number of nitriles is 1. The highest BCUT2D eigenvalue weighted by Gasteiger charge is 2.55. The van der Waals surface area contributed by atoms with Crippen LogP contribution in [0.3, 0.4) is 0 Å². The number of halogens is 9. The lowest BCUT2D eigenvalue weighted by molar-refractivity contribution is -0.213. The predicted octanol–water partition coefficient (Wildman–Crippen LogP) is 3.88. The average Bonchev–Trinajstić information content (AvgIpc) is 2.97. The standard InChI is InChI=1S/C15H11F9N2O/c16-13(17,18)9-3-6(1-2-7(9)5-25)8-4-10(12(27)15(22,23)24)26-11(8)14(19,20)21/h1-3,8,10-12,26-27H,4H2/t8?,10-,11+,12-/m1/s1. The summed E-state index contributed by atoms with van der Waals surface area (Å²) in [7, 11) is 0. The first-order valence-corrected chi connectivity index (χ1v) is 7.35. The van der Waals surface area contributed by atoms with Crippen LogP contribution in [0.2, 0.25) is 0 Å². The van der Waals surface area contributed by atoms with Crippen molar-refractivity contribution in [3.63, 3.8) is 0 Å². The Bertz CT molecular complexity index is 733. The van der Waals surface area contributed by atoms with Crippen molar-refractivity contribution in [3.05, 3.63) is 34.9 Å². The highest BCUT2D eigenvalue weighted by atomic mass is 19.4. The van der Waals surface area contributed by atoms with E-state index in [1.54, 1.807) is 5.32 Å². The van der Waals surface area contributed by atoms with Gasteiger partial charge in [0.1, 0.15) is 6.04 Å². The van der Waals surface area contributed by atoms with Crippen molar-refractivity contribution >= 4 is 0 Å². The lowest BCUT2D eigenvalue weighted by atomic mass is 9.87. The van der Waals surface area contributed by atoms with E-state index in [1.807, 2.05) is 0 Å². The number of nitrogens with zero attached hydrogens (tertiary/aromatic N) is 1. The highest BCUT2D eigenvalue weighted by Crippen LogP contribution is 2.43. The van der Waals surface area contributed by atoms with Crippen molar-refractivity contribution in [3.8, 4) is 6.07 Å². The van der Waals surface area contributed by atoms with E-state index in [9.17, 15) is 44.6 Å². The number of hydrogen-bond donors (Lipinski definition) is 2. The smallest absolute Gasteiger partial charge is 0.382 e. The predicted molar refractivity (Wildman–Crippen MR) is 72.3 cm³/mol. The molecule has 4 atom stereocenters. The Hall–Kier alpha value is -2.00. The number of benzene rings is 1. The summed E-state index contributed by atoms with van der Waals surface area (Å²) in [4.78, 5) is 0. The molecule has 0 aromatic heterocycles. The van der Waals surface area contributed by atoms with E-state index in [0.29, 0.717) is 12.1 Å². The van der Waals surface area contributed by atoms with Gasteiger partial charge in [0.05, 0.1) is 17.2 Å². The average molecular weight is 406 g/mol. The third-order valence-corrected chi connectivity index (χ3v) is 4.27. The molecule has 1 aliphatic rings. The normalized spacial score (nSPS) is 25.3. The molecular formula is C15H11F9N2O. The Morgan fingerprint density at radius 1 is 1.07 bits per heavy atom. The number of aliphatic hydroxyl groups is 1. The molecule has 2 rings (SSSR count). The minimum Gasteiger partial charge on any atom is -0.382 e. The Kier molecular flexibility index (Phi) is 5.42. The van der Waals surface area contributed by atoms with Gasteiger partial charge in [-0.15, -0.1) is 0 Å². The number of hydrogen-bond acceptors (Lipinski definition) is 3. The molecule has 0 bridgehead atoms. The zero-order chi connectivity index (χ0) is 20.8. The first kappa shape index (κ1) is 21.3. The summed E-state index contributed by atoms with van der Waals surface area (Å²) in [6.45, 7) is 0. The maximum Gasteiger partial charge on any atom is 0.417 e. The van der Waals surface area contributed by atoms with Gasteiger partial charge in [-0.2, -0.15) is 44.8 Å². The highest BCUT2D eigenvalue weighted by molar-refractivity contribution is 5.43. The van der Waals surface area contributed by atoms with Gasteiger partial charge in [-0.25, -0.2) is 0 Å². The SMILES string of the molecule is N#Cc1ccc(C2C[C@H]([C@@H](O)C(F)(F)F)N[C@@H]2C(F)(F)F)cc1C(F)(F)F. The van der Waals surface area contributed by atoms with E-state index in [1.165, 1.54) is 6.07 Å². The van der Waals surface area contributed by atoms with Crippen LogP contribution in [0.1, 0.15) is 29.0 Å². The molecule has 27 heavy (non-hydrogen) atoms. The fourth-order valence-electron chi connectivity index (χ4n) is 3.05. The molecule has 1 heterocycles. The van der Waals surface area contributed by atoms with Crippen LogP contribution in [0.15, 0.2) is 18.2 Å². The van der Waals surface area contributed by atoms with E-state index in [0.717, 1.165) is 6.07 Å². The minimum atomic E-state index is -5.20. The second-order valence-electron chi connectivity index (χ2n) is 6.04. The molecular weight excluding hydrogens is 395 g/mol. The van der Waals surface area contributed by atoms with Crippen LogP contribution in [0.4, 0.5) is 39.5 Å². The Morgan fingerprint density at radius 2 is 1.67 bits per heavy atom. The Labute approximate surface area is 146 Å². The molecule has 3 nitrogen and oxygen atoms in total. The van der Waals surface area contributed by atoms with Crippen LogP contribution < -0.4 is 5.32 Å². The van der Waals surface area contributed by atoms with Crippen LogP contribution in [-0.2, 0) is 6.18 Å². The zero-order valence-corrected chi connectivity index (χ0v) is 13.0. The van der Waals surface area contributed by atoms with Crippen molar-refractivity contribution in [1.82, 2.24) is 5.32 Å². The Balaban J connectivity index is 2.47. The quantitative estimate of drug-likeness (QED) is 0.734. The van der Waals surface area contributed by atoms with E-state index in [4.69, 9.17) is 5.26 Å². The lowest BCUT2D eigenvalue weighted by Crippen LogP contribution is -2.50. The van der Waals surface area contributed by atoms with Crippen LogP contribution in [-0.4, -0.2) is 35.6 Å². The molecule has 2 N–H and O–H groups in total. The molecule has 150 valence electrons. The summed E-state index contributed by atoms with van der Waals surface area (Å²) in [5, 5.41) is 19.6. The van der Waals surface area contributed by atoms with Crippen molar-refractivity contribution < 1.29 is 44.6 Å². The molecule has 0 aliphatic carbocycles. The van der Waals surface area contributed by atoms with Crippen LogP contribution in [0.5, 0.6) is 0 Å². The minimum absolute atomic E-state index is 0.325. The third kappa shape index (κ3) is 4.47. The van der Waals surface area contributed by atoms with Gasteiger partial charge >= 0.3 is 18.5 Å². The van der Waals surface area contributed by atoms with Gasteiger partial charge in [-0.3, -0.25) is 5.32 Å². The maximum absolute atomic E-state index is 13.2. The fraction of sp³-hybridized carbons (Fsp3) is 0.533. The zero-order valence-electron chi connectivity index (χ0n) is 13.0. The monoisotopic (exact) mass is 406 g/mol. The Morgan fingerprint density at radius 3 is 2.11 bits per heavy atom. The number of alkyl halides is 9. The second-order valence-corrected chi connectivity index (χ2v) is 6.04. The molecule has 1 fully saturated rings. The second kappa shape index (κ2) is 6.87. The number of nitrogens with one attached hydrogen (secondary N) is 1. The molecule has 1 saturated heterocycles. The van der Waals surface area contributed by atoms with Gasteiger partial charge in [-0.05, 0) is 24.1 Å². The molecule has 0 spiro atoms. The van der Waals surface area contributed by atoms with Crippen LogP contribution >= 0.6 is 0 Å². The van der Waals surface area contributed by atoms with Crippen molar-refractivity contribution in [1.29, 1.82) is 5.26 Å². The third-order valence-electron chi connectivity index (χ3n) is 4.27. The van der Waals surface area contributed by atoms with Crippen LogP contribution in [0.25, 0.3) is 0 Å². The first-order valence-electron chi connectivity index (χ1n) is 7.35. The molecule has 0 amide bonds. The van der Waals surface area contributed by atoms with Crippen molar-refractivity contribution in [2.75, 3.05) is 0 Å². The summed E-state index contributed by atoms with van der Waals surface area (Å²) in [6.07, 6.45) is -19.3.